The first-order valence-corrected chi connectivity index (χ1v) is 6.41. The predicted molar refractivity (Wildman–Crippen MR) is 49.8 cm³/mol. The van der Waals surface area contributed by atoms with E-state index in [9.17, 15) is 13.2 Å². The molecule has 0 aliphatic carbocycles. The van der Waals surface area contributed by atoms with E-state index in [1.165, 1.54) is 0 Å². The summed E-state index contributed by atoms with van der Waals surface area (Å²) >= 11 is 0. The lowest BCUT2D eigenvalue weighted by molar-refractivity contribution is -0.149. The smallest absolute Gasteiger partial charge is 0.312 e. The van der Waals surface area contributed by atoms with Gasteiger partial charge in [-0.25, -0.2) is 8.42 Å². The fraction of sp³-hybridized carbons (Fsp3) is 0.875. The summed E-state index contributed by atoms with van der Waals surface area (Å²) < 4.78 is 26.8. The number of carboxylic acids is 1. The van der Waals surface area contributed by atoms with Crippen molar-refractivity contribution in [3.05, 3.63) is 0 Å². The molecule has 1 fully saturated rings. The average molecular weight is 222 g/mol. The molecule has 0 aromatic heterocycles. The van der Waals surface area contributed by atoms with E-state index in [-0.39, 0.29) is 18.8 Å². The molecule has 1 aliphatic rings. The van der Waals surface area contributed by atoms with Gasteiger partial charge in [-0.1, -0.05) is 0 Å². The van der Waals surface area contributed by atoms with Crippen LogP contribution in [0.4, 0.5) is 0 Å². The number of sulfone groups is 1. The molecule has 0 amide bonds. The van der Waals surface area contributed by atoms with Crippen LogP contribution in [0.1, 0.15) is 12.8 Å². The highest BCUT2D eigenvalue weighted by molar-refractivity contribution is 7.90. The molecule has 1 N–H and O–H groups in total. The Balaban J connectivity index is 2.66. The maximum atomic E-state index is 11.0. The molecule has 1 saturated heterocycles. The van der Waals surface area contributed by atoms with Crippen LogP contribution in [0.25, 0.3) is 0 Å². The van der Waals surface area contributed by atoms with Crippen LogP contribution in [0.3, 0.4) is 0 Å². The molecule has 0 saturated carbocycles. The first-order chi connectivity index (χ1) is 6.36. The Morgan fingerprint density at radius 3 is 2.57 bits per heavy atom. The van der Waals surface area contributed by atoms with Gasteiger partial charge in [-0.15, -0.1) is 0 Å². The normalized spacial score (nSPS) is 27.8. The molecule has 14 heavy (non-hydrogen) atoms. The predicted octanol–water partition coefficient (Wildman–Crippen LogP) is -0.0876. The van der Waals surface area contributed by atoms with Crippen molar-refractivity contribution in [3.63, 3.8) is 0 Å². The van der Waals surface area contributed by atoms with Gasteiger partial charge in [0.25, 0.3) is 0 Å². The molecule has 0 aromatic rings. The van der Waals surface area contributed by atoms with E-state index in [1.807, 2.05) is 0 Å². The van der Waals surface area contributed by atoms with Crippen LogP contribution in [0, 0.1) is 5.41 Å². The van der Waals surface area contributed by atoms with Gasteiger partial charge in [-0.05, 0) is 12.8 Å². The molecule has 1 rings (SSSR count). The van der Waals surface area contributed by atoms with E-state index in [2.05, 4.69) is 0 Å². The van der Waals surface area contributed by atoms with Crippen LogP contribution in [0.5, 0.6) is 0 Å². The Morgan fingerprint density at radius 1 is 1.57 bits per heavy atom. The van der Waals surface area contributed by atoms with E-state index < -0.39 is 21.2 Å². The summed E-state index contributed by atoms with van der Waals surface area (Å²) in [6.07, 6.45) is 1.65. The molecule has 0 bridgehead atoms. The minimum absolute atomic E-state index is 0.0946. The average Bonchev–Trinajstić information content (AvgIpc) is 2.48. The number of ether oxygens (including phenoxy) is 1. The first kappa shape index (κ1) is 11.5. The Kier molecular flexibility index (Phi) is 3.16. The second-order valence-corrected chi connectivity index (χ2v) is 6.03. The molecule has 1 atom stereocenters. The summed E-state index contributed by atoms with van der Waals surface area (Å²) in [7, 11) is -3.10. The molecule has 0 spiro atoms. The van der Waals surface area contributed by atoms with Gasteiger partial charge in [0.15, 0.2) is 0 Å². The summed E-state index contributed by atoms with van der Waals surface area (Å²) in [5.74, 6) is -1.05. The molecule has 0 aromatic carbocycles. The Bertz CT molecular complexity index is 313. The summed E-state index contributed by atoms with van der Waals surface area (Å²) in [4.78, 5) is 11.0. The van der Waals surface area contributed by atoms with Crippen molar-refractivity contribution < 1.29 is 23.1 Å². The third-order valence-corrected chi connectivity index (χ3v) is 3.45. The van der Waals surface area contributed by atoms with Crippen molar-refractivity contribution in [2.45, 2.75) is 12.8 Å². The van der Waals surface area contributed by atoms with Crippen molar-refractivity contribution in [1.82, 2.24) is 0 Å². The first-order valence-electron chi connectivity index (χ1n) is 4.35. The van der Waals surface area contributed by atoms with Crippen LogP contribution >= 0.6 is 0 Å². The summed E-state index contributed by atoms with van der Waals surface area (Å²) in [6, 6.07) is 0. The van der Waals surface area contributed by atoms with Gasteiger partial charge < -0.3 is 9.84 Å². The van der Waals surface area contributed by atoms with Crippen molar-refractivity contribution in [1.29, 1.82) is 0 Å². The van der Waals surface area contributed by atoms with Gasteiger partial charge in [0.1, 0.15) is 9.84 Å². The Morgan fingerprint density at radius 2 is 2.21 bits per heavy atom. The van der Waals surface area contributed by atoms with E-state index >= 15 is 0 Å². The largest absolute Gasteiger partial charge is 0.481 e. The lowest BCUT2D eigenvalue weighted by Crippen LogP contribution is -2.33. The quantitative estimate of drug-likeness (QED) is 0.719. The molecule has 1 unspecified atom stereocenters. The van der Waals surface area contributed by atoms with Crippen molar-refractivity contribution >= 4 is 15.8 Å². The third kappa shape index (κ3) is 2.68. The molecular formula is C8H14O5S. The van der Waals surface area contributed by atoms with E-state index in [0.717, 1.165) is 6.26 Å². The Labute approximate surface area is 83.0 Å². The highest BCUT2D eigenvalue weighted by atomic mass is 32.2. The monoisotopic (exact) mass is 222 g/mol. The van der Waals surface area contributed by atoms with Crippen molar-refractivity contribution in [2.24, 2.45) is 5.41 Å². The fourth-order valence-corrected chi connectivity index (χ4v) is 2.22. The van der Waals surface area contributed by atoms with Gasteiger partial charge >= 0.3 is 5.97 Å². The lowest BCUT2D eigenvalue weighted by Gasteiger charge is -2.20. The number of rotatable bonds is 4. The topological polar surface area (TPSA) is 80.7 Å². The minimum atomic E-state index is -3.10. The number of hydrogen-bond donors (Lipinski definition) is 1. The number of aliphatic carboxylic acids is 1. The highest BCUT2D eigenvalue weighted by Gasteiger charge is 2.42. The van der Waals surface area contributed by atoms with Gasteiger partial charge in [0.05, 0.1) is 17.8 Å². The van der Waals surface area contributed by atoms with Crippen LogP contribution < -0.4 is 0 Å². The molecular weight excluding hydrogens is 208 g/mol. The Hall–Kier alpha value is -0.620. The molecule has 82 valence electrons. The maximum absolute atomic E-state index is 11.0. The van der Waals surface area contributed by atoms with Crippen LogP contribution in [0.15, 0.2) is 0 Å². The summed E-state index contributed by atoms with van der Waals surface area (Å²) in [5, 5.41) is 8.99. The van der Waals surface area contributed by atoms with Crippen molar-refractivity contribution in [3.8, 4) is 0 Å². The number of carboxylic acid groups (broad SMARTS) is 1. The second kappa shape index (κ2) is 3.86. The lowest BCUT2D eigenvalue weighted by atomic mass is 9.85. The zero-order valence-corrected chi connectivity index (χ0v) is 8.84. The molecule has 1 heterocycles. The third-order valence-electron chi connectivity index (χ3n) is 2.51. The zero-order valence-electron chi connectivity index (χ0n) is 8.02. The van der Waals surface area contributed by atoms with Crippen LogP contribution in [-0.2, 0) is 19.4 Å². The second-order valence-electron chi connectivity index (χ2n) is 3.77. The highest BCUT2D eigenvalue weighted by Crippen LogP contribution is 2.33. The van der Waals surface area contributed by atoms with Gasteiger partial charge in [0.2, 0.25) is 0 Å². The molecule has 0 radical (unpaired) electrons. The van der Waals surface area contributed by atoms with Gasteiger partial charge in [-0.3, -0.25) is 4.79 Å². The fourth-order valence-electron chi connectivity index (χ4n) is 1.46. The van der Waals surface area contributed by atoms with Gasteiger partial charge in [-0.2, -0.15) is 0 Å². The van der Waals surface area contributed by atoms with E-state index in [4.69, 9.17) is 9.84 Å². The van der Waals surface area contributed by atoms with E-state index in [1.54, 1.807) is 0 Å². The number of carbonyl (C=O) groups is 1. The molecule has 5 nitrogen and oxygen atoms in total. The van der Waals surface area contributed by atoms with Crippen LogP contribution in [-0.4, -0.2) is 44.7 Å². The standard InChI is InChI=1S/C8H14O5S/c1-14(11,12)5-3-8(7(9)10)2-4-13-6-8/h2-6H2,1H3,(H,9,10). The molecule has 1 aliphatic heterocycles. The summed E-state index contributed by atoms with van der Waals surface area (Å²) in [5.41, 5.74) is -0.983. The zero-order chi connectivity index (χ0) is 10.8. The van der Waals surface area contributed by atoms with Crippen molar-refractivity contribution in [2.75, 3.05) is 25.2 Å². The van der Waals surface area contributed by atoms with E-state index in [0.29, 0.717) is 13.0 Å². The maximum Gasteiger partial charge on any atom is 0.312 e. The van der Waals surface area contributed by atoms with Gasteiger partial charge in [0, 0.05) is 12.9 Å². The SMILES string of the molecule is CS(=O)(=O)CCC1(C(=O)O)CCOC1. The summed E-state index contributed by atoms with van der Waals surface area (Å²) in [6.45, 7) is 0.522. The number of hydrogen-bond acceptors (Lipinski definition) is 4. The molecule has 6 heteroatoms. The minimum Gasteiger partial charge on any atom is -0.481 e. The van der Waals surface area contributed by atoms with Crippen LogP contribution in [0.2, 0.25) is 0 Å².